The van der Waals surface area contributed by atoms with Gasteiger partial charge in [-0.05, 0) is 18.4 Å². The molecule has 0 fully saturated rings. The molecule has 0 radical (unpaired) electrons. The van der Waals surface area contributed by atoms with Gasteiger partial charge in [-0.25, -0.2) is 0 Å². The second-order valence-electron chi connectivity index (χ2n) is 4.82. The predicted molar refractivity (Wildman–Crippen MR) is 74.7 cm³/mol. The Balaban J connectivity index is 2.36. The smallest absolute Gasteiger partial charge is 0.181 e. The number of thiophene rings is 1. The molecule has 1 atom stereocenters. The van der Waals surface area contributed by atoms with E-state index in [4.69, 9.17) is 5.26 Å². The van der Waals surface area contributed by atoms with Crippen LogP contribution < -0.4 is 0 Å². The zero-order chi connectivity index (χ0) is 13.1. The Morgan fingerprint density at radius 1 is 1.39 bits per heavy atom. The summed E-state index contributed by atoms with van der Waals surface area (Å²) in [6.07, 6.45) is 0.625. The number of Topliss-reactive ketones (excluding diaryl/α,β-unsaturated/α-hetero) is 1. The Hall–Kier alpha value is -1.66. The minimum Gasteiger partial charge on any atom is -0.293 e. The number of carbonyl (C=O) groups excluding carboxylic acids is 1. The van der Waals surface area contributed by atoms with Gasteiger partial charge >= 0.3 is 0 Å². The number of carbonyl (C=O) groups is 1. The highest BCUT2D eigenvalue weighted by molar-refractivity contribution is 7.17. The summed E-state index contributed by atoms with van der Waals surface area (Å²) in [7, 11) is 0. The second kappa shape index (κ2) is 5.32. The second-order valence-corrected chi connectivity index (χ2v) is 5.73. The Kier molecular flexibility index (Phi) is 3.78. The van der Waals surface area contributed by atoms with Crippen LogP contribution >= 0.6 is 11.3 Å². The molecule has 2 rings (SSSR count). The van der Waals surface area contributed by atoms with E-state index in [1.807, 2.05) is 43.5 Å². The number of ketones is 1. The van der Waals surface area contributed by atoms with Gasteiger partial charge in [-0.1, -0.05) is 32.0 Å². The van der Waals surface area contributed by atoms with Crippen LogP contribution in [0.3, 0.4) is 0 Å². The van der Waals surface area contributed by atoms with Gasteiger partial charge in [0, 0.05) is 21.0 Å². The molecule has 0 aliphatic heterocycles. The van der Waals surface area contributed by atoms with E-state index in [9.17, 15) is 4.79 Å². The van der Waals surface area contributed by atoms with Crippen molar-refractivity contribution in [2.75, 3.05) is 0 Å². The molecule has 0 spiro atoms. The minimum absolute atomic E-state index is 0.0383. The molecule has 0 saturated carbocycles. The summed E-state index contributed by atoms with van der Waals surface area (Å²) in [4.78, 5) is 12.4. The fraction of sp³-hybridized carbons (Fsp3) is 0.333. The Labute approximate surface area is 111 Å². The van der Waals surface area contributed by atoms with Crippen molar-refractivity contribution in [2.24, 2.45) is 11.8 Å². The Morgan fingerprint density at radius 3 is 2.78 bits per heavy atom. The third-order valence-electron chi connectivity index (χ3n) is 2.93. The quantitative estimate of drug-likeness (QED) is 0.767. The first-order valence-electron chi connectivity index (χ1n) is 6.03. The number of hydrogen-bond acceptors (Lipinski definition) is 3. The van der Waals surface area contributed by atoms with Gasteiger partial charge in [-0.3, -0.25) is 4.79 Å². The van der Waals surface area contributed by atoms with Crippen molar-refractivity contribution in [3.63, 3.8) is 0 Å². The SMILES string of the molecule is CC(C)CC(C#N)C(=O)c1csc2ccccc12. The van der Waals surface area contributed by atoms with Crippen LogP contribution in [0.1, 0.15) is 30.6 Å². The molecule has 0 N–H and O–H groups in total. The maximum atomic E-state index is 12.4. The molecular weight excluding hydrogens is 242 g/mol. The van der Waals surface area contributed by atoms with Gasteiger partial charge in [0.1, 0.15) is 5.92 Å². The Bertz CT molecular complexity index is 606. The van der Waals surface area contributed by atoms with E-state index >= 15 is 0 Å². The van der Waals surface area contributed by atoms with E-state index in [1.165, 1.54) is 0 Å². The largest absolute Gasteiger partial charge is 0.293 e. The third kappa shape index (κ3) is 2.44. The molecule has 3 heteroatoms. The van der Waals surface area contributed by atoms with Crippen molar-refractivity contribution < 1.29 is 4.79 Å². The molecule has 0 aliphatic carbocycles. The van der Waals surface area contributed by atoms with Crippen LogP contribution in [0.2, 0.25) is 0 Å². The van der Waals surface area contributed by atoms with Crippen molar-refractivity contribution in [1.82, 2.24) is 0 Å². The van der Waals surface area contributed by atoms with Crippen LogP contribution in [0.5, 0.6) is 0 Å². The number of fused-ring (bicyclic) bond motifs is 1. The highest BCUT2D eigenvalue weighted by Crippen LogP contribution is 2.28. The summed E-state index contributed by atoms with van der Waals surface area (Å²) in [5.74, 6) is -0.213. The maximum Gasteiger partial charge on any atom is 0.181 e. The summed E-state index contributed by atoms with van der Waals surface area (Å²) in [6.45, 7) is 4.06. The lowest BCUT2D eigenvalue weighted by molar-refractivity contribution is 0.0939. The number of hydrogen-bond donors (Lipinski definition) is 0. The monoisotopic (exact) mass is 257 g/mol. The summed E-state index contributed by atoms with van der Waals surface area (Å²) in [5.41, 5.74) is 0.697. The van der Waals surface area contributed by atoms with Crippen molar-refractivity contribution in [3.05, 3.63) is 35.2 Å². The standard InChI is InChI=1S/C15H15NOS/c1-10(2)7-11(8-16)15(17)13-9-18-14-6-4-3-5-12(13)14/h3-6,9-11H,7H2,1-2H3. The number of benzene rings is 1. The molecular formula is C15H15NOS. The van der Waals surface area contributed by atoms with Gasteiger partial charge in [-0.2, -0.15) is 5.26 Å². The fourth-order valence-electron chi connectivity index (χ4n) is 2.05. The molecule has 0 aliphatic rings. The first-order valence-corrected chi connectivity index (χ1v) is 6.91. The van der Waals surface area contributed by atoms with Gasteiger partial charge in [-0.15, -0.1) is 11.3 Å². The summed E-state index contributed by atoms with van der Waals surface area (Å²) < 4.78 is 1.10. The molecule has 2 nitrogen and oxygen atoms in total. The zero-order valence-corrected chi connectivity index (χ0v) is 11.3. The maximum absolute atomic E-state index is 12.4. The van der Waals surface area contributed by atoms with Crippen molar-refractivity contribution in [2.45, 2.75) is 20.3 Å². The topological polar surface area (TPSA) is 40.9 Å². The van der Waals surface area contributed by atoms with Gasteiger partial charge in [0.15, 0.2) is 5.78 Å². The average Bonchev–Trinajstić information content (AvgIpc) is 2.78. The van der Waals surface area contributed by atoms with E-state index < -0.39 is 5.92 Å². The minimum atomic E-state index is -0.525. The molecule has 0 saturated heterocycles. The van der Waals surface area contributed by atoms with E-state index in [0.29, 0.717) is 17.9 Å². The summed E-state index contributed by atoms with van der Waals surface area (Å²) >= 11 is 1.56. The first-order chi connectivity index (χ1) is 8.63. The van der Waals surface area contributed by atoms with Crippen LogP contribution in [-0.4, -0.2) is 5.78 Å². The van der Waals surface area contributed by atoms with Crippen molar-refractivity contribution >= 4 is 27.2 Å². The number of nitriles is 1. The van der Waals surface area contributed by atoms with Crippen molar-refractivity contribution in [3.8, 4) is 6.07 Å². The zero-order valence-electron chi connectivity index (χ0n) is 10.5. The normalized spacial score (nSPS) is 12.6. The third-order valence-corrected chi connectivity index (χ3v) is 3.89. The van der Waals surface area contributed by atoms with Crippen LogP contribution in [0.15, 0.2) is 29.6 Å². The predicted octanol–water partition coefficient (Wildman–Crippen LogP) is 4.27. The summed E-state index contributed by atoms with van der Waals surface area (Å²) in [5, 5.41) is 12.0. The number of rotatable bonds is 4. The highest BCUT2D eigenvalue weighted by atomic mass is 32.1. The molecule has 92 valence electrons. The molecule has 1 aromatic heterocycles. The summed E-state index contributed by atoms with van der Waals surface area (Å²) in [6, 6.07) is 9.98. The van der Waals surface area contributed by atoms with Crippen LogP contribution in [-0.2, 0) is 0 Å². The number of nitrogens with zero attached hydrogens (tertiary/aromatic N) is 1. The van der Waals surface area contributed by atoms with Crippen LogP contribution in [0, 0.1) is 23.2 Å². The first kappa shape index (κ1) is 12.8. The fourth-order valence-corrected chi connectivity index (χ4v) is 3.00. The van der Waals surface area contributed by atoms with Crippen LogP contribution in [0.4, 0.5) is 0 Å². The van der Waals surface area contributed by atoms with Gasteiger partial charge in [0.05, 0.1) is 6.07 Å². The van der Waals surface area contributed by atoms with Gasteiger partial charge < -0.3 is 0 Å². The van der Waals surface area contributed by atoms with Gasteiger partial charge in [0.2, 0.25) is 0 Å². The van der Waals surface area contributed by atoms with Gasteiger partial charge in [0.25, 0.3) is 0 Å². The molecule has 2 aromatic rings. The lowest BCUT2D eigenvalue weighted by Gasteiger charge is -2.09. The van der Waals surface area contributed by atoms with E-state index in [1.54, 1.807) is 11.3 Å². The lowest BCUT2D eigenvalue weighted by Crippen LogP contribution is -2.14. The molecule has 1 unspecified atom stereocenters. The lowest BCUT2D eigenvalue weighted by atomic mass is 9.91. The van der Waals surface area contributed by atoms with E-state index in [0.717, 1.165) is 10.1 Å². The molecule has 18 heavy (non-hydrogen) atoms. The average molecular weight is 257 g/mol. The molecule has 0 bridgehead atoms. The molecule has 0 amide bonds. The van der Waals surface area contributed by atoms with Crippen molar-refractivity contribution in [1.29, 1.82) is 5.26 Å². The van der Waals surface area contributed by atoms with E-state index in [2.05, 4.69) is 6.07 Å². The highest BCUT2D eigenvalue weighted by Gasteiger charge is 2.23. The molecule has 1 heterocycles. The Morgan fingerprint density at radius 2 is 2.11 bits per heavy atom. The molecule has 1 aromatic carbocycles. The van der Waals surface area contributed by atoms with E-state index in [-0.39, 0.29) is 5.78 Å². The van der Waals surface area contributed by atoms with Crippen LogP contribution in [0.25, 0.3) is 10.1 Å².